The van der Waals surface area contributed by atoms with E-state index in [9.17, 15) is 4.79 Å². The molecule has 4 rings (SSSR count). The zero-order valence-corrected chi connectivity index (χ0v) is 14.9. The molecular formula is C18H18N4O2S. The molecule has 6 nitrogen and oxygen atoms in total. The van der Waals surface area contributed by atoms with Crippen LogP contribution >= 0.6 is 11.7 Å². The van der Waals surface area contributed by atoms with Crippen molar-refractivity contribution in [2.24, 2.45) is 0 Å². The zero-order chi connectivity index (χ0) is 17.4. The first-order valence-corrected chi connectivity index (χ1v) is 8.78. The van der Waals surface area contributed by atoms with Crippen LogP contribution in [0, 0.1) is 0 Å². The number of para-hydroxylation sites is 2. The van der Waals surface area contributed by atoms with Crippen molar-refractivity contribution in [2.75, 3.05) is 25.5 Å². The van der Waals surface area contributed by atoms with Gasteiger partial charge in [-0.2, -0.15) is 8.75 Å². The molecule has 0 N–H and O–H groups in total. The lowest BCUT2D eigenvalue weighted by Gasteiger charge is -2.34. The summed E-state index contributed by atoms with van der Waals surface area (Å²) in [6.45, 7) is 1.05. The van der Waals surface area contributed by atoms with Gasteiger partial charge in [-0.1, -0.05) is 18.2 Å². The summed E-state index contributed by atoms with van der Waals surface area (Å²) in [5, 5.41) is 0. The quantitative estimate of drug-likeness (QED) is 0.723. The maximum atomic E-state index is 12.8. The Morgan fingerprint density at radius 3 is 2.96 bits per heavy atom. The van der Waals surface area contributed by atoms with Crippen LogP contribution in [0.5, 0.6) is 5.75 Å². The summed E-state index contributed by atoms with van der Waals surface area (Å²) < 4.78 is 14.4. The van der Waals surface area contributed by atoms with Gasteiger partial charge in [0.05, 0.1) is 24.0 Å². The number of rotatable bonds is 3. The number of hydrogen-bond donors (Lipinski definition) is 0. The van der Waals surface area contributed by atoms with Gasteiger partial charge in [-0.05, 0) is 29.8 Å². The average molecular weight is 354 g/mol. The molecule has 1 unspecified atom stereocenters. The second kappa shape index (κ2) is 6.33. The molecule has 7 heteroatoms. The number of amides is 1. The van der Waals surface area contributed by atoms with Crippen molar-refractivity contribution in [3.8, 4) is 5.75 Å². The number of likely N-dealkylation sites (N-methyl/N-ethyl adjacent to an activating group) is 2. The lowest BCUT2D eigenvalue weighted by molar-refractivity contribution is -0.137. The van der Waals surface area contributed by atoms with Crippen molar-refractivity contribution in [2.45, 2.75) is 12.6 Å². The van der Waals surface area contributed by atoms with Crippen molar-refractivity contribution in [1.29, 1.82) is 0 Å². The summed E-state index contributed by atoms with van der Waals surface area (Å²) >= 11 is 1.20. The third kappa shape index (κ3) is 3.02. The van der Waals surface area contributed by atoms with Crippen molar-refractivity contribution in [1.82, 2.24) is 13.6 Å². The third-order valence-electron chi connectivity index (χ3n) is 4.37. The van der Waals surface area contributed by atoms with Crippen LogP contribution < -0.4 is 9.64 Å². The Morgan fingerprint density at radius 2 is 2.08 bits per heavy atom. The minimum absolute atomic E-state index is 0.0298. The summed E-state index contributed by atoms with van der Waals surface area (Å²) in [7, 11) is 3.78. The van der Waals surface area contributed by atoms with Crippen molar-refractivity contribution in [3.05, 3.63) is 48.0 Å². The maximum Gasteiger partial charge on any atom is 0.265 e. The number of aromatic nitrogens is 2. The van der Waals surface area contributed by atoms with E-state index < -0.39 is 6.10 Å². The Morgan fingerprint density at radius 1 is 1.28 bits per heavy atom. The molecule has 25 heavy (non-hydrogen) atoms. The molecule has 0 fully saturated rings. The van der Waals surface area contributed by atoms with E-state index >= 15 is 0 Å². The van der Waals surface area contributed by atoms with Crippen LogP contribution in [-0.2, 0) is 11.3 Å². The summed E-state index contributed by atoms with van der Waals surface area (Å²) in [4.78, 5) is 16.6. The van der Waals surface area contributed by atoms with Gasteiger partial charge in [0.25, 0.3) is 5.91 Å². The number of ether oxygens (including phenoxy) is 1. The van der Waals surface area contributed by atoms with Crippen LogP contribution in [0.4, 0.5) is 5.69 Å². The van der Waals surface area contributed by atoms with Crippen LogP contribution in [0.2, 0.25) is 0 Å². The molecule has 0 bridgehead atoms. The third-order valence-corrected chi connectivity index (χ3v) is 4.93. The Bertz CT molecular complexity index is 926. The first-order valence-electron chi connectivity index (χ1n) is 8.05. The standard InChI is InChI=1S/C18H18N4O2S/c1-21-11-17(24-16-6-4-3-5-15(16)21)18(23)22(2)10-12-7-8-13-14(9-12)20-25-19-13/h3-9,17H,10-11H2,1-2H3. The van der Waals surface area contributed by atoms with E-state index in [0.717, 1.165) is 28.0 Å². The molecule has 1 amide bonds. The summed E-state index contributed by atoms with van der Waals surface area (Å²) in [5.74, 6) is 0.718. The minimum atomic E-state index is -0.505. The van der Waals surface area contributed by atoms with Gasteiger partial charge in [-0.25, -0.2) is 0 Å². The van der Waals surface area contributed by atoms with Gasteiger partial charge < -0.3 is 14.5 Å². The molecule has 2 heterocycles. The molecule has 3 aromatic rings. The molecular weight excluding hydrogens is 336 g/mol. The molecule has 0 saturated carbocycles. The van der Waals surface area contributed by atoms with Crippen molar-refractivity contribution >= 4 is 34.4 Å². The van der Waals surface area contributed by atoms with Gasteiger partial charge in [0, 0.05) is 20.6 Å². The van der Waals surface area contributed by atoms with Crippen LogP contribution in [0.1, 0.15) is 5.56 Å². The van der Waals surface area contributed by atoms with Gasteiger partial charge in [0.15, 0.2) is 6.10 Å². The smallest absolute Gasteiger partial charge is 0.265 e. The van der Waals surface area contributed by atoms with E-state index in [4.69, 9.17) is 4.74 Å². The van der Waals surface area contributed by atoms with E-state index in [1.54, 1.807) is 11.9 Å². The lowest BCUT2D eigenvalue weighted by atomic mass is 10.1. The molecule has 1 aliphatic heterocycles. The Hall–Kier alpha value is -2.67. The number of benzene rings is 2. The number of fused-ring (bicyclic) bond motifs is 2. The zero-order valence-electron chi connectivity index (χ0n) is 14.0. The highest BCUT2D eigenvalue weighted by Crippen LogP contribution is 2.32. The van der Waals surface area contributed by atoms with Gasteiger partial charge in [0.2, 0.25) is 0 Å². The van der Waals surface area contributed by atoms with Gasteiger partial charge in [-0.3, -0.25) is 4.79 Å². The Labute approximate surface area is 150 Å². The van der Waals surface area contributed by atoms with E-state index in [1.807, 2.05) is 49.5 Å². The maximum absolute atomic E-state index is 12.8. The van der Waals surface area contributed by atoms with Gasteiger partial charge >= 0.3 is 0 Å². The largest absolute Gasteiger partial charge is 0.477 e. The average Bonchev–Trinajstić information content (AvgIpc) is 3.08. The molecule has 128 valence electrons. The van der Waals surface area contributed by atoms with Crippen LogP contribution in [0.15, 0.2) is 42.5 Å². The summed E-state index contributed by atoms with van der Waals surface area (Å²) in [6, 6.07) is 13.7. The fraction of sp³-hybridized carbons (Fsp3) is 0.278. The topological polar surface area (TPSA) is 58.6 Å². The molecule has 1 aromatic heterocycles. The Kier molecular flexibility index (Phi) is 4.01. The monoisotopic (exact) mass is 354 g/mol. The molecule has 0 spiro atoms. The van der Waals surface area contributed by atoms with Crippen molar-refractivity contribution in [3.63, 3.8) is 0 Å². The number of carbonyl (C=O) groups excluding carboxylic acids is 1. The van der Waals surface area contributed by atoms with Crippen molar-refractivity contribution < 1.29 is 9.53 Å². The van der Waals surface area contributed by atoms with E-state index in [1.165, 1.54) is 11.7 Å². The number of carbonyl (C=O) groups is 1. The molecule has 2 aromatic carbocycles. The number of hydrogen-bond acceptors (Lipinski definition) is 6. The summed E-state index contributed by atoms with van der Waals surface area (Å²) in [5.41, 5.74) is 3.79. The van der Waals surface area contributed by atoms with Gasteiger partial charge in [0.1, 0.15) is 16.8 Å². The number of anilines is 1. The number of nitrogens with zero attached hydrogens (tertiary/aromatic N) is 4. The van der Waals surface area contributed by atoms with E-state index in [-0.39, 0.29) is 5.91 Å². The van der Waals surface area contributed by atoms with Crippen LogP contribution in [0.25, 0.3) is 11.0 Å². The highest BCUT2D eigenvalue weighted by Gasteiger charge is 2.30. The molecule has 0 saturated heterocycles. The SMILES string of the molecule is CN(Cc1ccc2nsnc2c1)C(=O)C1CN(C)c2ccccc2O1. The molecule has 1 atom stereocenters. The fourth-order valence-electron chi connectivity index (χ4n) is 3.06. The normalized spacial score (nSPS) is 16.4. The summed E-state index contributed by atoms with van der Waals surface area (Å²) in [6.07, 6.45) is -0.505. The molecule has 0 radical (unpaired) electrons. The predicted molar refractivity (Wildman–Crippen MR) is 98.0 cm³/mol. The lowest BCUT2D eigenvalue weighted by Crippen LogP contribution is -2.48. The second-order valence-electron chi connectivity index (χ2n) is 6.24. The van der Waals surface area contributed by atoms with E-state index in [2.05, 4.69) is 13.6 Å². The highest BCUT2D eigenvalue weighted by molar-refractivity contribution is 7.00. The molecule has 0 aliphatic carbocycles. The predicted octanol–water partition coefficient (Wildman–Crippen LogP) is 2.55. The first-order chi connectivity index (χ1) is 12.1. The van der Waals surface area contributed by atoms with Crippen LogP contribution in [-0.4, -0.2) is 46.3 Å². The van der Waals surface area contributed by atoms with E-state index in [0.29, 0.717) is 13.1 Å². The van der Waals surface area contributed by atoms with Crippen LogP contribution in [0.3, 0.4) is 0 Å². The minimum Gasteiger partial charge on any atom is -0.477 e. The highest BCUT2D eigenvalue weighted by atomic mass is 32.1. The van der Waals surface area contributed by atoms with Gasteiger partial charge in [-0.15, -0.1) is 0 Å². The first kappa shape index (κ1) is 15.8. The molecule has 1 aliphatic rings. The fourth-order valence-corrected chi connectivity index (χ4v) is 3.58. The second-order valence-corrected chi connectivity index (χ2v) is 6.76. The Balaban J connectivity index is 1.48.